The fourth-order valence-corrected chi connectivity index (χ4v) is 4.51. The van der Waals surface area contributed by atoms with E-state index < -0.39 is 22.2 Å². The SMILES string of the molecule is COc1cccc(CC2NS(=O)(=O)c3ccccc3C2O)c1OC. The Kier molecular flexibility index (Phi) is 4.49. The lowest BCUT2D eigenvalue weighted by Gasteiger charge is -2.31. The first-order valence-corrected chi connectivity index (χ1v) is 8.95. The molecule has 1 heterocycles. The summed E-state index contributed by atoms with van der Waals surface area (Å²) >= 11 is 0. The topological polar surface area (TPSA) is 84.9 Å². The van der Waals surface area contributed by atoms with Crippen LogP contribution in [0.25, 0.3) is 0 Å². The van der Waals surface area contributed by atoms with E-state index >= 15 is 0 Å². The van der Waals surface area contributed by atoms with Crippen molar-refractivity contribution in [3.63, 3.8) is 0 Å². The smallest absolute Gasteiger partial charge is 0.241 e. The summed E-state index contributed by atoms with van der Waals surface area (Å²) in [5.74, 6) is 1.09. The first kappa shape index (κ1) is 16.8. The van der Waals surface area contributed by atoms with E-state index in [-0.39, 0.29) is 11.3 Å². The summed E-state index contributed by atoms with van der Waals surface area (Å²) in [7, 11) is -0.598. The molecule has 2 aromatic carbocycles. The summed E-state index contributed by atoms with van der Waals surface area (Å²) in [4.78, 5) is 0.117. The average molecular weight is 349 g/mol. The van der Waals surface area contributed by atoms with E-state index in [1.807, 2.05) is 6.07 Å². The second kappa shape index (κ2) is 6.43. The van der Waals surface area contributed by atoms with E-state index in [1.165, 1.54) is 20.3 Å². The van der Waals surface area contributed by atoms with Crippen LogP contribution in [0.4, 0.5) is 0 Å². The van der Waals surface area contributed by atoms with Gasteiger partial charge in [0.1, 0.15) is 0 Å². The van der Waals surface area contributed by atoms with Crippen molar-refractivity contribution in [1.29, 1.82) is 0 Å². The molecule has 0 spiro atoms. The van der Waals surface area contributed by atoms with Gasteiger partial charge in [-0.05, 0) is 24.1 Å². The van der Waals surface area contributed by atoms with Gasteiger partial charge in [0.25, 0.3) is 0 Å². The van der Waals surface area contributed by atoms with Crippen LogP contribution in [-0.2, 0) is 16.4 Å². The second-order valence-corrected chi connectivity index (χ2v) is 7.25. The van der Waals surface area contributed by atoms with Crippen LogP contribution in [-0.4, -0.2) is 33.8 Å². The first-order valence-electron chi connectivity index (χ1n) is 7.47. The Morgan fingerprint density at radius 2 is 1.83 bits per heavy atom. The molecule has 6 nitrogen and oxygen atoms in total. The molecule has 2 aromatic rings. The Bertz CT molecular complexity index is 850. The van der Waals surface area contributed by atoms with Gasteiger partial charge in [0.2, 0.25) is 10.0 Å². The van der Waals surface area contributed by atoms with E-state index in [0.717, 1.165) is 5.56 Å². The van der Waals surface area contributed by atoms with Crippen molar-refractivity contribution in [1.82, 2.24) is 4.72 Å². The molecule has 7 heteroatoms. The number of rotatable bonds is 4. The van der Waals surface area contributed by atoms with Crippen LogP contribution in [0.2, 0.25) is 0 Å². The quantitative estimate of drug-likeness (QED) is 0.877. The van der Waals surface area contributed by atoms with Gasteiger partial charge in [-0.1, -0.05) is 30.3 Å². The van der Waals surface area contributed by atoms with Gasteiger partial charge in [-0.25, -0.2) is 13.1 Å². The molecule has 1 aliphatic heterocycles. The van der Waals surface area contributed by atoms with Crippen LogP contribution in [0.5, 0.6) is 11.5 Å². The van der Waals surface area contributed by atoms with Gasteiger partial charge in [-0.2, -0.15) is 0 Å². The van der Waals surface area contributed by atoms with Crippen molar-refractivity contribution >= 4 is 10.0 Å². The number of aliphatic hydroxyl groups excluding tert-OH is 1. The molecule has 24 heavy (non-hydrogen) atoms. The van der Waals surface area contributed by atoms with Crippen molar-refractivity contribution in [3.8, 4) is 11.5 Å². The molecule has 2 N–H and O–H groups in total. The fraction of sp³-hybridized carbons (Fsp3) is 0.294. The Labute approximate surface area is 141 Å². The number of methoxy groups -OCH3 is 2. The van der Waals surface area contributed by atoms with Crippen LogP contribution in [0.1, 0.15) is 17.2 Å². The lowest BCUT2D eigenvalue weighted by molar-refractivity contribution is 0.131. The normalized spacial score (nSPS) is 21.8. The summed E-state index contributed by atoms with van der Waals surface area (Å²) in [5, 5.41) is 10.6. The maximum atomic E-state index is 12.4. The third-order valence-corrected chi connectivity index (χ3v) is 5.70. The highest BCUT2D eigenvalue weighted by Gasteiger charge is 2.36. The predicted molar refractivity (Wildman–Crippen MR) is 88.8 cm³/mol. The molecule has 128 valence electrons. The third-order valence-electron chi connectivity index (χ3n) is 4.14. The number of benzene rings is 2. The van der Waals surface area contributed by atoms with Crippen molar-refractivity contribution in [2.24, 2.45) is 0 Å². The Morgan fingerprint density at radius 1 is 1.08 bits per heavy atom. The first-order chi connectivity index (χ1) is 11.5. The minimum atomic E-state index is -3.66. The number of nitrogens with one attached hydrogen (secondary N) is 1. The lowest BCUT2D eigenvalue weighted by Crippen LogP contribution is -2.45. The second-order valence-electron chi connectivity index (χ2n) is 5.57. The van der Waals surface area contributed by atoms with Crippen molar-refractivity contribution in [2.45, 2.75) is 23.5 Å². The Hall–Kier alpha value is -2.09. The van der Waals surface area contributed by atoms with E-state index in [0.29, 0.717) is 17.1 Å². The molecular weight excluding hydrogens is 330 g/mol. The number of fused-ring (bicyclic) bond motifs is 1. The van der Waals surface area contributed by atoms with Crippen LogP contribution >= 0.6 is 0 Å². The van der Waals surface area contributed by atoms with Crippen LogP contribution in [0.3, 0.4) is 0 Å². The van der Waals surface area contributed by atoms with Gasteiger partial charge in [0.05, 0.1) is 31.3 Å². The zero-order valence-corrected chi connectivity index (χ0v) is 14.2. The summed E-state index contributed by atoms with van der Waals surface area (Å²) in [6.45, 7) is 0. The molecule has 0 bridgehead atoms. The van der Waals surface area contributed by atoms with Gasteiger partial charge >= 0.3 is 0 Å². The fourth-order valence-electron chi connectivity index (χ4n) is 3.02. The highest BCUT2D eigenvalue weighted by molar-refractivity contribution is 7.89. The van der Waals surface area contributed by atoms with Crippen LogP contribution < -0.4 is 14.2 Å². The highest BCUT2D eigenvalue weighted by atomic mass is 32.2. The van der Waals surface area contributed by atoms with E-state index in [1.54, 1.807) is 30.3 Å². The Balaban J connectivity index is 1.98. The maximum absolute atomic E-state index is 12.4. The summed E-state index contributed by atoms with van der Waals surface area (Å²) in [6.07, 6.45) is -0.671. The van der Waals surface area contributed by atoms with Gasteiger partial charge in [0.15, 0.2) is 11.5 Å². The van der Waals surface area contributed by atoms with Crippen molar-refractivity contribution in [3.05, 3.63) is 53.6 Å². The number of ether oxygens (including phenoxy) is 2. The molecule has 0 aromatic heterocycles. The van der Waals surface area contributed by atoms with Crippen LogP contribution in [0, 0.1) is 0 Å². The largest absolute Gasteiger partial charge is 0.493 e. The van der Waals surface area contributed by atoms with Gasteiger partial charge in [0, 0.05) is 5.56 Å². The third kappa shape index (κ3) is 2.86. The molecule has 0 aliphatic carbocycles. The molecule has 2 unspecified atom stereocenters. The predicted octanol–water partition coefficient (Wildman–Crippen LogP) is 1.64. The summed E-state index contributed by atoms with van der Waals surface area (Å²) in [5.41, 5.74) is 1.16. The van der Waals surface area contributed by atoms with E-state index in [9.17, 15) is 13.5 Å². The number of aliphatic hydroxyl groups is 1. The number of hydrogen-bond donors (Lipinski definition) is 2. The Morgan fingerprint density at radius 3 is 2.54 bits per heavy atom. The minimum absolute atomic E-state index is 0.117. The molecule has 0 amide bonds. The molecule has 2 atom stereocenters. The maximum Gasteiger partial charge on any atom is 0.241 e. The summed E-state index contributed by atoms with van der Waals surface area (Å²) in [6, 6.07) is 11.2. The molecule has 1 aliphatic rings. The molecule has 0 radical (unpaired) electrons. The molecule has 0 saturated carbocycles. The molecule has 0 fully saturated rings. The summed E-state index contributed by atoms with van der Waals surface area (Å²) < 4.78 is 38.0. The average Bonchev–Trinajstić information content (AvgIpc) is 2.59. The number of para-hydroxylation sites is 1. The minimum Gasteiger partial charge on any atom is -0.493 e. The van der Waals surface area contributed by atoms with Gasteiger partial charge in [-0.15, -0.1) is 0 Å². The number of sulfonamides is 1. The molecule has 3 rings (SSSR count). The van der Waals surface area contributed by atoms with Crippen molar-refractivity contribution < 1.29 is 23.0 Å². The number of hydrogen-bond acceptors (Lipinski definition) is 5. The molecule has 0 saturated heterocycles. The zero-order valence-electron chi connectivity index (χ0n) is 13.4. The van der Waals surface area contributed by atoms with Gasteiger partial charge in [-0.3, -0.25) is 0 Å². The van der Waals surface area contributed by atoms with Crippen LogP contribution in [0.15, 0.2) is 47.4 Å². The van der Waals surface area contributed by atoms with Crippen molar-refractivity contribution in [2.75, 3.05) is 14.2 Å². The van der Waals surface area contributed by atoms with E-state index in [4.69, 9.17) is 9.47 Å². The zero-order chi connectivity index (χ0) is 17.3. The molecular formula is C17H19NO5S. The highest BCUT2D eigenvalue weighted by Crippen LogP contribution is 2.36. The lowest BCUT2D eigenvalue weighted by atomic mass is 9.96. The van der Waals surface area contributed by atoms with E-state index in [2.05, 4.69) is 4.72 Å². The monoisotopic (exact) mass is 349 g/mol. The standard InChI is InChI=1S/C17H19NO5S/c1-22-14-8-5-6-11(17(14)23-2)10-13-16(19)12-7-3-4-9-15(12)24(20,21)18-13/h3-9,13,16,18-19H,10H2,1-2H3. The van der Waals surface area contributed by atoms with Gasteiger partial charge < -0.3 is 14.6 Å².